The summed E-state index contributed by atoms with van der Waals surface area (Å²) < 4.78 is 49.9. The van der Waals surface area contributed by atoms with Crippen LogP contribution in [0.1, 0.15) is 21.6 Å². The molecule has 0 aliphatic rings. The second kappa shape index (κ2) is 10.7. The monoisotopic (exact) mass is 523 g/mol. The number of aromatic nitrogens is 2. The van der Waals surface area contributed by atoms with Crippen LogP contribution in [0.25, 0.3) is 0 Å². The van der Waals surface area contributed by atoms with E-state index in [1.807, 2.05) is 38.1 Å². The van der Waals surface area contributed by atoms with Crippen molar-refractivity contribution in [1.82, 2.24) is 9.97 Å². The number of rotatable bonds is 8. The van der Waals surface area contributed by atoms with Crippen molar-refractivity contribution in [1.29, 1.82) is 0 Å². The lowest BCUT2D eigenvalue weighted by molar-refractivity contribution is 0.102. The van der Waals surface area contributed by atoms with Crippen molar-refractivity contribution < 1.29 is 22.0 Å². The van der Waals surface area contributed by atoms with Gasteiger partial charge in [-0.15, -0.1) is 0 Å². The zero-order valence-corrected chi connectivity index (χ0v) is 20.7. The smallest absolute Gasteiger partial charge is 0.340 e. The second-order valence-corrected chi connectivity index (χ2v) is 10.1. The predicted octanol–water partition coefficient (Wildman–Crippen LogP) is 5.83. The maximum atomic E-state index is 13.0. The fraction of sp³-hybridized carbons (Fsp3) is 0.115. The summed E-state index contributed by atoms with van der Waals surface area (Å²) in [7, 11) is -4.94. The third-order valence-electron chi connectivity index (χ3n) is 5.25. The summed E-state index contributed by atoms with van der Waals surface area (Å²) in [6.45, 7) is 3.85. The molecule has 1 aromatic heterocycles. The van der Waals surface area contributed by atoms with Crippen LogP contribution in [0.5, 0.6) is 0 Å². The van der Waals surface area contributed by atoms with Crippen molar-refractivity contribution in [2.75, 3.05) is 16.0 Å². The van der Waals surface area contributed by atoms with Gasteiger partial charge in [0.05, 0.1) is 10.5 Å². The largest absolute Gasteiger partial charge is 0.341 e. The zero-order chi connectivity index (χ0) is 26.6. The Kier molecular flexibility index (Phi) is 7.44. The summed E-state index contributed by atoms with van der Waals surface area (Å²) in [6, 6.07) is 21.0. The summed E-state index contributed by atoms with van der Waals surface area (Å²) in [5.41, 5.74) is 3.38. The highest BCUT2D eigenvalue weighted by Crippen LogP contribution is 2.24. The van der Waals surface area contributed by atoms with Gasteiger partial charge >= 0.3 is 5.76 Å². The number of hydrogen-bond acceptors (Lipinski definition) is 7. The topological polar surface area (TPSA) is 113 Å². The maximum Gasteiger partial charge on any atom is 0.341 e. The van der Waals surface area contributed by atoms with Gasteiger partial charge in [-0.25, -0.2) is 13.4 Å². The number of hydrogen-bond donors (Lipinski definition) is 3. The molecule has 0 unspecified atom stereocenters. The number of halogens is 2. The summed E-state index contributed by atoms with van der Waals surface area (Å²) in [4.78, 5) is 20.8. The van der Waals surface area contributed by atoms with E-state index in [0.717, 1.165) is 23.0 Å². The third-order valence-corrected chi connectivity index (χ3v) is 6.69. The molecule has 11 heteroatoms. The van der Waals surface area contributed by atoms with Gasteiger partial charge in [-0.1, -0.05) is 29.8 Å². The van der Waals surface area contributed by atoms with E-state index in [1.54, 1.807) is 30.3 Å². The Morgan fingerprint density at radius 2 is 1.41 bits per heavy atom. The average molecular weight is 524 g/mol. The van der Waals surface area contributed by atoms with Gasteiger partial charge < -0.3 is 16.0 Å². The number of sulfone groups is 1. The molecule has 0 saturated carbocycles. The molecule has 0 aliphatic heterocycles. The molecule has 0 spiro atoms. The fourth-order valence-corrected chi connectivity index (χ4v) is 4.36. The highest BCUT2D eigenvalue weighted by atomic mass is 32.2. The van der Waals surface area contributed by atoms with Gasteiger partial charge in [0.1, 0.15) is 5.82 Å². The molecule has 1 heterocycles. The number of benzene rings is 3. The molecule has 3 aromatic carbocycles. The summed E-state index contributed by atoms with van der Waals surface area (Å²) in [6.07, 6.45) is 0. The molecule has 0 radical (unpaired) electrons. The van der Waals surface area contributed by atoms with Gasteiger partial charge in [0.2, 0.25) is 15.8 Å². The van der Waals surface area contributed by atoms with Gasteiger partial charge in [-0.2, -0.15) is 13.8 Å². The van der Waals surface area contributed by atoms with Crippen molar-refractivity contribution in [2.24, 2.45) is 0 Å². The lowest BCUT2D eigenvalue weighted by Crippen LogP contribution is -2.19. The predicted molar refractivity (Wildman–Crippen MR) is 139 cm³/mol. The Bertz CT molecular complexity index is 1530. The van der Waals surface area contributed by atoms with Crippen LogP contribution in [0.3, 0.4) is 0 Å². The minimum atomic E-state index is -4.94. The number of nitrogens with one attached hydrogen (secondary N) is 3. The summed E-state index contributed by atoms with van der Waals surface area (Å²) >= 11 is 0. The number of alkyl halides is 2. The molecular formula is C26H23F2N5O3S. The zero-order valence-electron chi connectivity index (χ0n) is 19.9. The highest BCUT2D eigenvalue weighted by Gasteiger charge is 2.30. The van der Waals surface area contributed by atoms with Crippen LogP contribution in [0.4, 0.5) is 37.6 Å². The minimum absolute atomic E-state index is 0.348. The summed E-state index contributed by atoms with van der Waals surface area (Å²) in [5, 5.41) is 8.87. The fourth-order valence-electron chi connectivity index (χ4n) is 3.44. The average Bonchev–Trinajstić information content (AvgIpc) is 2.86. The van der Waals surface area contributed by atoms with E-state index < -0.39 is 26.4 Å². The number of carbonyl (C=O) groups is 1. The van der Waals surface area contributed by atoms with E-state index in [2.05, 4.69) is 25.9 Å². The third kappa shape index (κ3) is 6.25. The Balaban J connectivity index is 1.47. The second-order valence-electron chi connectivity index (χ2n) is 8.17. The first-order valence-corrected chi connectivity index (χ1v) is 12.7. The molecule has 0 bridgehead atoms. The maximum absolute atomic E-state index is 13.0. The molecule has 1 amide bonds. The number of amides is 1. The van der Waals surface area contributed by atoms with Crippen LogP contribution in [-0.4, -0.2) is 30.1 Å². The van der Waals surface area contributed by atoms with Crippen LogP contribution >= 0.6 is 0 Å². The van der Waals surface area contributed by atoms with Crippen LogP contribution in [0, 0.1) is 13.8 Å². The Labute approximate surface area is 212 Å². The Morgan fingerprint density at radius 3 is 2.08 bits per heavy atom. The van der Waals surface area contributed by atoms with Gasteiger partial charge in [-0.05, 0) is 62.4 Å². The van der Waals surface area contributed by atoms with E-state index in [-0.39, 0.29) is 5.56 Å². The summed E-state index contributed by atoms with van der Waals surface area (Å²) in [5.74, 6) is -3.48. The van der Waals surface area contributed by atoms with Crippen LogP contribution < -0.4 is 16.0 Å². The van der Waals surface area contributed by atoms with Crippen molar-refractivity contribution in [3.63, 3.8) is 0 Å². The molecule has 3 N–H and O–H groups in total. The number of nitrogens with zero attached hydrogens (tertiary/aromatic N) is 2. The molecule has 190 valence electrons. The number of anilines is 5. The molecular weight excluding hydrogens is 500 g/mol. The molecule has 37 heavy (non-hydrogen) atoms. The SMILES string of the molecule is Cc1ccc(Nc2nc(C)cc(Nc3ccc(NC(=O)c4ccccc4S(=O)(=O)C(F)F)cc3)n2)cc1. The van der Waals surface area contributed by atoms with Gasteiger partial charge in [-0.3, -0.25) is 4.79 Å². The Morgan fingerprint density at radius 1 is 0.811 bits per heavy atom. The number of carbonyl (C=O) groups excluding carboxylic acids is 1. The first-order valence-electron chi connectivity index (χ1n) is 11.1. The van der Waals surface area contributed by atoms with Crippen LogP contribution in [-0.2, 0) is 9.84 Å². The Hall–Kier alpha value is -4.38. The molecule has 0 fully saturated rings. The molecule has 0 atom stereocenters. The van der Waals surface area contributed by atoms with Gasteiger partial charge in [0.15, 0.2) is 0 Å². The molecule has 8 nitrogen and oxygen atoms in total. The van der Waals surface area contributed by atoms with Gasteiger partial charge in [0.25, 0.3) is 5.91 Å². The molecule has 0 saturated heterocycles. The van der Waals surface area contributed by atoms with Crippen molar-refractivity contribution in [3.8, 4) is 0 Å². The van der Waals surface area contributed by atoms with E-state index in [9.17, 15) is 22.0 Å². The standard InChI is InChI=1S/C26H23F2N5O3S/c1-16-7-9-20(10-8-16)32-26-29-17(2)15-23(33-26)30-18-11-13-19(14-12-18)31-24(34)21-5-3-4-6-22(21)37(35,36)25(27)28/h3-15,25H,1-2H3,(H,31,34)(H2,29,30,32,33). The lowest BCUT2D eigenvalue weighted by atomic mass is 10.2. The van der Waals surface area contributed by atoms with Gasteiger partial charge in [0, 0.05) is 28.8 Å². The van der Waals surface area contributed by atoms with Crippen LogP contribution in [0.2, 0.25) is 0 Å². The van der Waals surface area contributed by atoms with Crippen molar-refractivity contribution in [3.05, 3.63) is 95.7 Å². The number of aryl methyl sites for hydroxylation is 2. The van der Waals surface area contributed by atoms with Crippen molar-refractivity contribution in [2.45, 2.75) is 24.5 Å². The first kappa shape index (κ1) is 25.7. The van der Waals surface area contributed by atoms with Crippen molar-refractivity contribution >= 4 is 44.6 Å². The van der Waals surface area contributed by atoms with Crippen LogP contribution in [0.15, 0.2) is 83.8 Å². The molecule has 4 rings (SSSR count). The minimum Gasteiger partial charge on any atom is -0.340 e. The lowest BCUT2D eigenvalue weighted by Gasteiger charge is -2.12. The van der Waals surface area contributed by atoms with E-state index in [1.165, 1.54) is 18.2 Å². The highest BCUT2D eigenvalue weighted by molar-refractivity contribution is 7.91. The normalized spacial score (nSPS) is 11.3. The first-order chi connectivity index (χ1) is 17.6. The van der Waals surface area contributed by atoms with E-state index in [4.69, 9.17) is 0 Å². The quantitative estimate of drug-likeness (QED) is 0.266. The molecule has 0 aliphatic carbocycles. The molecule has 4 aromatic rings. The van der Waals surface area contributed by atoms with E-state index >= 15 is 0 Å². The van der Waals surface area contributed by atoms with E-state index in [0.29, 0.717) is 23.1 Å².